The Morgan fingerprint density at radius 3 is 2.21 bits per heavy atom. The van der Waals surface area contributed by atoms with E-state index >= 15 is 0 Å². The van der Waals surface area contributed by atoms with Crippen molar-refractivity contribution in [1.29, 1.82) is 0 Å². The fourth-order valence-corrected chi connectivity index (χ4v) is 4.38. The molecule has 1 saturated carbocycles. The first-order chi connectivity index (χ1) is 11.2. The Labute approximate surface area is 147 Å². The van der Waals surface area contributed by atoms with Crippen LogP contribution in [0.4, 0.5) is 0 Å². The minimum atomic E-state index is -1.36. The van der Waals surface area contributed by atoms with Crippen LogP contribution in [-0.4, -0.2) is 23.1 Å². The summed E-state index contributed by atoms with van der Waals surface area (Å²) in [5, 5.41) is 10.0. The second kappa shape index (κ2) is 8.87. The lowest BCUT2D eigenvalue weighted by Crippen LogP contribution is -2.47. The van der Waals surface area contributed by atoms with Crippen LogP contribution < -0.4 is 0 Å². The number of carboxylic acids is 1. The molecule has 4 atom stereocenters. The molecule has 4 nitrogen and oxygen atoms in total. The molecule has 4 heteroatoms. The second-order valence-corrected chi connectivity index (χ2v) is 8.09. The zero-order chi connectivity index (χ0) is 18.5. The molecule has 0 radical (unpaired) electrons. The van der Waals surface area contributed by atoms with Gasteiger partial charge in [-0.05, 0) is 49.4 Å². The number of hydrogen-bond donors (Lipinski definition) is 1. The van der Waals surface area contributed by atoms with E-state index in [0.29, 0.717) is 12.3 Å². The number of carboxylic acid groups (broad SMARTS) is 1. The third-order valence-electron chi connectivity index (χ3n) is 5.80. The average molecular weight is 341 g/mol. The highest BCUT2D eigenvalue weighted by atomic mass is 16.5. The third kappa shape index (κ3) is 4.12. The van der Waals surface area contributed by atoms with Crippen LogP contribution in [0.2, 0.25) is 0 Å². The molecule has 4 unspecified atom stereocenters. The summed E-state index contributed by atoms with van der Waals surface area (Å²) < 4.78 is 5.79. The molecule has 0 aromatic rings. The normalized spacial score (nSPS) is 28.3. The summed E-state index contributed by atoms with van der Waals surface area (Å²) >= 11 is 0. The molecule has 140 valence electrons. The molecule has 0 aromatic carbocycles. The molecule has 0 aromatic heterocycles. The van der Waals surface area contributed by atoms with Crippen molar-refractivity contribution in [2.75, 3.05) is 0 Å². The summed E-state index contributed by atoms with van der Waals surface area (Å²) in [6.45, 7) is 12.4. The van der Waals surface area contributed by atoms with Crippen LogP contribution in [0.15, 0.2) is 0 Å². The van der Waals surface area contributed by atoms with E-state index in [1.54, 1.807) is 0 Å². The number of rotatable bonds is 9. The summed E-state index contributed by atoms with van der Waals surface area (Å²) in [5.41, 5.74) is -1.36. The van der Waals surface area contributed by atoms with Crippen LogP contribution in [0.3, 0.4) is 0 Å². The first kappa shape index (κ1) is 21.0. The van der Waals surface area contributed by atoms with Gasteiger partial charge in [0.1, 0.15) is 6.10 Å². The minimum Gasteiger partial charge on any atom is -0.480 e. The van der Waals surface area contributed by atoms with Crippen LogP contribution in [-0.2, 0) is 14.3 Å². The van der Waals surface area contributed by atoms with Gasteiger partial charge in [-0.1, -0.05) is 54.4 Å². The Kier molecular flexibility index (Phi) is 7.75. The van der Waals surface area contributed by atoms with Gasteiger partial charge in [-0.3, -0.25) is 9.59 Å². The van der Waals surface area contributed by atoms with E-state index in [9.17, 15) is 14.7 Å². The van der Waals surface area contributed by atoms with Gasteiger partial charge in [-0.25, -0.2) is 0 Å². The van der Waals surface area contributed by atoms with Gasteiger partial charge in [-0.15, -0.1) is 0 Å². The molecule has 0 spiro atoms. The van der Waals surface area contributed by atoms with Gasteiger partial charge in [0.05, 0.1) is 0 Å². The maximum absolute atomic E-state index is 13.0. The van der Waals surface area contributed by atoms with Crippen molar-refractivity contribution in [2.45, 2.75) is 86.2 Å². The van der Waals surface area contributed by atoms with Crippen molar-refractivity contribution >= 4 is 11.9 Å². The van der Waals surface area contributed by atoms with E-state index in [4.69, 9.17) is 4.74 Å². The summed E-state index contributed by atoms with van der Waals surface area (Å²) in [4.78, 5) is 25.3. The molecule has 1 rings (SSSR count). The molecule has 0 heterocycles. The number of hydrogen-bond acceptors (Lipinski definition) is 3. The quantitative estimate of drug-likeness (QED) is 0.478. The van der Waals surface area contributed by atoms with Crippen LogP contribution >= 0.6 is 0 Å². The Morgan fingerprint density at radius 2 is 1.79 bits per heavy atom. The molecule has 24 heavy (non-hydrogen) atoms. The van der Waals surface area contributed by atoms with Crippen molar-refractivity contribution in [3.63, 3.8) is 0 Å². The zero-order valence-electron chi connectivity index (χ0n) is 16.3. The first-order valence-electron chi connectivity index (χ1n) is 9.66. The van der Waals surface area contributed by atoms with Gasteiger partial charge in [0.2, 0.25) is 0 Å². The fourth-order valence-electron chi connectivity index (χ4n) is 4.38. The van der Waals surface area contributed by atoms with Crippen molar-refractivity contribution < 1.29 is 19.4 Å². The molecule has 1 aliphatic rings. The fraction of sp³-hybridized carbons (Fsp3) is 0.900. The summed E-state index contributed by atoms with van der Waals surface area (Å²) in [5.74, 6) is -0.755. The largest absolute Gasteiger partial charge is 0.480 e. The Balaban J connectivity index is 3.14. The molecule has 1 aliphatic carbocycles. The Hall–Kier alpha value is -1.06. The molecule has 0 amide bonds. The van der Waals surface area contributed by atoms with Crippen molar-refractivity contribution in [3.05, 3.63) is 0 Å². The molecule has 0 bridgehead atoms. The minimum absolute atomic E-state index is 0.123. The van der Waals surface area contributed by atoms with Crippen molar-refractivity contribution in [2.24, 2.45) is 29.1 Å². The lowest BCUT2D eigenvalue weighted by atomic mass is 9.70. The monoisotopic (exact) mass is 340 g/mol. The first-order valence-corrected chi connectivity index (χ1v) is 9.66. The Bertz CT molecular complexity index is 429. The lowest BCUT2D eigenvalue weighted by Gasteiger charge is -2.35. The molecule has 0 aliphatic heterocycles. The van der Waals surface area contributed by atoms with Gasteiger partial charge < -0.3 is 9.84 Å². The smallest absolute Gasteiger partial charge is 0.324 e. The zero-order valence-corrected chi connectivity index (χ0v) is 16.3. The predicted molar refractivity (Wildman–Crippen MR) is 95.7 cm³/mol. The van der Waals surface area contributed by atoms with E-state index in [1.807, 2.05) is 13.8 Å². The topological polar surface area (TPSA) is 63.6 Å². The average Bonchev–Trinajstić information content (AvgIpc) is 2.87. The standard InChI is InChI=1S/C20H36O4/c1-7-9-16-15(13(3)4)11-12-20(16,18(21)22)19(23)24-17(10-8-2)14(5)6/h13-17H,7-12H2,1-6H3,(H,21,22). The number of aliphatic carboxylic acids is 1. The van der Waals surface area contributed by atoms with E-state index in [2.05, 4.69) is 27.7 Å². The van der Waals surface area contributed by atoms with Gasteiger partial charge in [0, 0.05) is 0 Å². The number of carbonyl (C=O) groups is 2. The summed E-state index contributed by atoms with van der Waals surface area (Å²) in [6.07, 6.45) is 4.37. The van der Waals surface area contributed by atoms with Crippen LogP contribution in [0.25, 0.3) is 0 Å². The number of esters is 1. The van der Waals surface area contributed by atoms with Gasteiger partial charge in [-0.2, -0.15) is 0 Å². The Morgan fingerprint density at radius 1 is 1.17 bits per heavy atom. The van der Waals surface area contributed by atoms with Crippen molar-refractivity contribution in [3.8, 4) is 0 Å². The highest BCUT2D eigenvalue weighted by molar-refractivity contribution is 6.00. The lowest BCUT2D eigenvalue weighted by molar-refractivity contribution is -0.178. The van der Waals surface area contributed by atoms with E-state index in [-0.39, 0.29) is 23.9 Å². The van der Waals surface area contributed by atoms with Crippen molar-refractivity contribution in [1.82, 2.24) is 0 Å². The highest BCUT2D eigenvalue weighted by Crippen LogP contribution is 2.53. The number of ether oxygens (including phenoxy) is 1. The molecular weight excluding hydrogens is 304 g/mol. The van der Waals surface area contributed by atoms with Crippen LogP contribution in [0.1, 0.15) is 80.1 Å². The SMILES string of the molecule is CCCC(OC(=O)C1(C(=O)O)CCC(C(C)C)C1CCC)C(C)C. The maximum atomic E-state index is 13.0. The van der Waals surface area contributed by atoms with E-state index in [1.165, 1.54) is 0 Å². The molecule has 1 N–H and O–H groups in total. The van der Waals surface area contributed by atoms with Gasteiger partial charge in [0.25, 0.3) is 0 Å². The van der Waals surface area contributed by atoms with Gasteiger partial charge in [0.15, 0.2) is 5.41 Å². The van der Waals surface area contributed by atoms with E-state index < -0.39 is 17.4 Å². The molecular formula is C20H36O4. The third-order valence-corrected chi connectivity index (χ3v) is 5.80. The number of carbonyl (C=O) groups excluding carboxylic acids is 1. The summed E-state index contributed by atoms with van der Waals surface area (Å²) in [7, 11) is 0. The van der Waals surface area contributed by atoms with Crippen LogP contribution in [0, 0.1) is 29.1 Å². The maximum Gasteiger partial charge on any atom is 0.324 e. The second-order valence-electron chi connectivity index (χ2n) is 8.09. The predicted octanol–water partition coefficient (Wildman–Crippen LogP) is 4.91. The molecule has 0 saturated heterocycles. The van der Waals surface area contributed by atoms with Gasteiger partial charge >= 0.3 is 11.9 Å². The summed E-state index contributed by atoms with van der Waals surface area (Å²) in [6, 6.07) is 0. The van der Waals surface area contributed by atoms with Crippen LogP contribution in [0.5, 0.6) is 0 Å². The highest BCUT2D eigenvalue weighted by Gasteiger charge is 2.60. The van der Waals surface area contributed by atoms with E-state index in [0.717, 1.165) is 32.1 Å². The molecule has 1 fully saturated rings.